The molecule has 0 aromatic carbocycles. The summed E-state index contributed by atoms with van der Waals surface area (Å²) in [5.74, 6) is -0.615. The fourth-order valence-corrected chi connectivity index (χ4v) is 3.19. The Morgan fingerprint density at radius 1 is 1.29 bits per heavy atom. The molecule has 2 atom stereocenters. The van der Waals surface area contributed by atoms with Crippen LogP contribution in [-0.2, 0) is 29.1 Å². The molecular formula is C14H23N4O9S-. The first-order valence-corrected chi connectivity index (χ1v) is 9.84. The number of urea groups is 1. The Bertz CT molecular complexity index is 721. The molecule has 0 unspecified atom stereocenters. The highest BCUT2D eigenvalue weighted by Crippen LogP contribution is 2.30. The molecule has 2 N–H and O–H groups in total. The molecular weight excluding hydrogens is 400 g/mol. The van der Waals surface area contributed by atoms with Gasteiger partial charge < -0.3 is 19.5 Å². The van der Waals surface area contributed by atoms with Gasteiger partial charge in [-0.2, -0.15) is 9.35 Å². The van der Waals surface area contributed by atoms with Crippen LogP contribution in [0.5, 0.6) is 0 Å². The molecule has 2 rings (SSSR count). The lowest BCUT2D eigenvalue weighted by Gasteiger charge is -2.28. The van der Waals surface area contributed by atoms with Crippen LogP contribution in [0.2, 0.25) is 0 Å². The van der Waals surface area contributed by atoms with Crippen molar-refractivity contribution in [2.45, 2.75) is 51.3 Å². The molecule has 0 saturated carbocycles. The van der Waals surface area contributed by atoms with Crippen molar-refractivity contribution in [1.82, 2.24) is 20.8 Å². The molecule has 2 bridgehead atoms. The largest absolute Gasteiger partial charge is 0.724 e. The number of carbonyl (C=O) groups is 3. The van der Waals surface area contributed by atoms with E-state index in [9.17, 15) is 27.4 Å². The summed E-state index contributed by atoms with van der Waals surface area (Å²) in [6.07, 6.45) is -0.117. The Kier molecular flexibility index (Phi) is 6.69. The number of fused-ring (bicyclic) bond motifs is 2. The van der Waals surface area contributed by atoms with Crippen LogP contribution >= 0.6 is 0 Å². The summed E-state index contributed by atoms with van der Waals surface area (Å²) in [4.78, 5) is 42.0. The van der Waals surface area contributed by atoms with Gasteiger partial charge in [-0.15, -0.1) is 0 Å². The number of hydrogen-bond acceptors (Lipinski definition) is 9. The van der Waals surface area contributed by atoms with Gasteiger partial charge >= 0.3 is 12.1 Å². The molecule has 0 aliphatic carbocycles. The number of rotatable bonds is 7. The second kappa shape index (κ2) is 8.46. The fourth-order valence-electron chi connectivity index (χ4n) is 2.81. The molecule has 160 valence electrons. The van der Waals surface area contributed by atoms with Crippen molar-refractivity contribution in [2.75, 3.05) is 19.7 Å². The van der Waals surface area contributed by atoms with Crippen LogP contribution in [0.15, 0.2) is 0 Å². The second-order valence-electron chi connectivity index (χ2n) is 7.23. The lowest BCUT2D eigenvalue weighted by atomic mass is 10.0. The SMILES string of the molecule is CC(C)(C)OC(=O)NCCONC(=O)[C@@H]1CC[C@@H]2CN1C(=O)N2OS(=O)(=O)[O-]. The van der Waals surface area contributed by atoms with E-state index in [1.54, 1.807) is 20.8 Å². The smallest absolute Gasteiger partial charge is 0.407 e. The van der Waals surface area contributed by atoms with E-state index in [0.717, 1.165) is 4.90 Å². The lowest BCUT2D eigenvalue weighted by molar-refractivity contribution is -0.138. The molecule has 0 radical (unpaired) electrons. The Hall–Kier alpha value is -2.16. The minimum Gasteiger partial charge on any atom is -0.724 e. The van der Waals surface area contributed by atoms with E-state index in [1.165, 1.54) is 0 Å². The molecule has 2 heterocycles. The predicted octanol–water partition coefficient (Wildman–Crippen LogP) is -0.781. The third-order valence-corrected chi connectivity index (χ3v) is 4.19. The summed E-state index contributed by atoms with van der Waals surface area (Å²) in [6.45, 7) is 5.24. The zero-order valence-electron chi connectivity index (χ0n) is 15.7. The first-order valence-electron chi connectivity index (χ1n) is 8.51. The third kappa shape index (κ3) is 6.19. The summed E-state index contributed by atoms with van der Waals surface area (Å²) in [5.41, 5.74) is 1.54. The average molecular weight is 423 g/mol. The Morgan fingerprint density at radius 2 is 1.96 bits per heavy atom. The number of alkyl carbamates (subject to hydrolysis) is 1. The van der Waals surface area contributed by atoms with Crippen molar-refractivity contribution in [3.05, 3.63) is 0 Å². The highest BCUT2D eigenvalue weighted by atomic mass is 32.3. The molecule has 14 heteroatoms. The zero-order valence-corrected chi connectivity index (χ0v) is 16.5. The Morgan fingerprint density at radius 3 is 2.57 bits per heavy atom. The number of piperidine rings is 1. The molecule has 2 saturated heterocycles. The summed E-state index contributed by atoms with van der Waals surface area (Å²) in [7, 11) is -5.10. The highest BCUT2D eigenvalue weighted by Gasteiger charge is 2.48. The number of carbonyl (C=O) groups excluding carboxylic acids is 3. The normalized spacial score (nSPS) is 22.2. The van der Waals surface area contributed by atoms with Gasteiger partial charge in [-0.25, -0.2) is 23.5 Å². The monoisotopic (exact) mass is 423 g/mol. The van der Waals surface area contributed by atoms with Gasteiger partial charge in [-0.3, -0.25) is 9.63 Å². The number of hydrogen-bond donors (Lipinski definition) is 2. The maximum absolute atomic E-state index is 12.2. The van der Waals surface area contributed by atoms with E-state index in [0.29, 0.717) is 5.06 Å². The van der Waals surface area contributed by atoms with Crippen LogP contribution in [0.3, 0.4) is 0 Å². The van der Waals surface area contributed by atoms with Gasteiger partial charge in [-0.1, -0.05) is 0 Å². The van der Waals surface area contributed by atoms with E-state index < -0.39 is 46.1 Å². The number of nitrogens with zero attached hydrogens (tertiary/aromatic N) is 2. The molecule has 0 aromatic heterocycles. The average Bonchev–Trinajstić information content (AvgIpc) is 2.76. The summed E-state index contributed by atoms with van der Waals surface area (Å²) >= 11 is 0. The third-order valence-electron chi connectivity index (χ3n) is 3.84. The molecule has 2 aliphatic heterocycles. The van der Waals surface area contributed by atoms with Crippen molar-refractivity contribution in [3.8, 4) is 0 Å². The van der Waals surface area contributed by atoms with Gasteiger partial charge in [0.15, 0.2) is 0 Å². The van der Waals surface area contributed by atoms with Gasteiger partial charge in [0.2, 0.25) is 10.4 Å². The van der Waals surface area contributed by atoms with E-state index in [2.05, 4.69) is 15.1 Å². The first kappa shape index (κ1) is 22.1. The van der Waals surface area contributed by atoms with Gasteiger partial charge in [0.25, 0.3) is 5.91 Å². The minimum atomic E-state index is -5.10. The van der Waals surface area contributed by atoms with E-state index in [-0.39, 0.29) is 32.5 Å². The number of nitrogens with one attached hydrogen (secondary N) is 2. The van der Waals surface area contributed by atoms with Gasteiger partial charge in [-0.05, 0) is 33.6 Å². The molecule has 2 fully saturated rings. The molecule has 4 amide bonds. The molecule has 2 aliphatic rings. The van der Waals surface area contributed by atoms with Crippen molar-refractivity contribution >= 4 is 28.4 Å². The number of ether oxygens (including phenoxy) is 1. The summed E-state index contributed by atoms with van der Waals surface area (Å²) in [6, 6.07) is -2.40. The van der Waals surface area contributed by atoms with Crippen molar-refractivity contribution in [1.29, 1.82) is 0 Å². The molecule has 13 nitrogen and oxygen atoms in total. The Balaban J connectivity index is 1.75. The Labute approximate surface area is 162 Å². The summed E-state index contributed by atoms with van der Waals surface area (Å²) in [5, 5.41) is 2.93. The standard InChI is InChI=1S/C14H24N4O9S/c1-14(2,3)26-12(20)15-6-7-25-16-11(19)10-5-4-9-8-17(10)13(21)18(9)27-28(22,23)24/h9-10H,4-8H2,1-3H3,(H,15,20)(H,16,19)(H,22,23,24)/p-1/t9-,10+/m1/s1. The van der Waals surface area contributed by atoms with Crippen molar-refractivity contribution in [3.63, 3.8) is 0 Å². The molecule has 0 spiro atoms. The van der Waals surface area contributed by atoms with Crippen LogP contribution in [-0.4, -0.2) is 78.3 Å². The molecule has 28 heavy (non-hydrogen) atoms. The van der Waals surface area contributed by atoms with Gasteiger partial charge in [0.1, 0.15) is 11.6 Å². The van der Waals surface area contributed by atoms with Gasteiger partial charge in [0.05, 0.1) is 12.6 Å². The van der Waals surface area contributed by atoms with Crippen LogP contribution in [0, 0.1) is 0 Å². The lowest BCUT2D eigenvalue weighted by Crippen LogP contribution is -2.50. The van der Waals surface area contributed by atoms with Crippen LogP contribution in [0.4, 0.5) is 9.59 Å². The maximum atomic E-state index is 12.2. The number of hydroxylamine groups is 3. The highest BCUT2D eigenvalue weighted by molar-refractivity contribution is 7.80. The maximum Gasteiger partial charge on any atom is 0.407 e. The number of amides is 4. The van der Waals surface area contributed by atoms with E-state index >= 15 is 0 Å². The van der Waals surface area contributed by atoms with E-state index in [4.69, 9.17) is 9.57 Å². The predicted molar refractivity (Wildman–Crippen MR) is 89.9 cm³/mol. The summed E-state index contributed by atoms with van der Waals surface area (Å²) < 4.78 is 41.4. The van der Waals surface area contributed by atoms with Crippen LogP contribution in [0.1, 0.15) is 33.6 Å². The first-order chi connectivity index (χ1) is 12.9. The van der Waals surface area contributed by atoms with Crippen molar-refractivity contribution in [2.24, 2.45) is 0 Å². The van der Waals surface area contributed by atoms with E-state index in [1.807, 2.05) is 0 Å². The molecule has 0 aromatic rings. The fraction of sp³-hybridized carbons (Fsp3) is 0.786. The second-order valence-corrected chi connectivity index (χ2v) is 8.20. The van der Waals surface area contributed by atoms with Crippen LogP contribution < -0.4 is 10.8 Å². The van der Waals surface area contributed by atoms with Crippen molar-refractivity contribution < 1.29 is 41.2 Å². The topological polar surface area (TPSA) is 167 Å². The quantitative estimate of drug-likeness (QED) is 0.231. The minimum absolute atomic E-state index is 0.0437. The van der Waals surface area contributed by atoms with Crippen LogP contribution in [0.25, 0.3) is 0 Å². The van der Waals surface area contributed by atoms with Gasteiger partial charge in [0, 0.05) is 13.1 Å². The zero-order chi connectivity index (χ0) is 21.1.